The topological polar surface area (TPSA) is 88.3 Å². The minimum absolute atomic E-state index is 0.150. The molecule has 0 saturated carbocycles. The lowest BCUT2D eigenvalue weighted by Gasteiger charge is -1.86. The van der Waals surface area contributed by atoms with E-state index < -0.39 is 0 Å². The number of imidazole rings is 1. The largest absolute Gasteiger partial charge is 0.335 e. The van der Waals surface area contributed by atoms with Crippen LogP contribution in [0.1, 0.15) is 25.2 Å². The quantitative estimate of drug-likeness (QED) is 0.722. The number of nitriles is 2. The molecule has 1 aromatic heterocycles. The molecule has 0 spiro atoms. The predicted molar refractivity (Wildman–Crippen MR) is 52.2 cm³/mol. The van der Waals surface area contributed by atoms with E-state index in [1.54, 1.807) is 12.1 Å². The Balaban J connectivity index is 0.000000292. The summed E-state index contributed by atoms with van der Waals surface area (Å²) in [5.41, 5.74) is 0.370. The SMILES string of the molecule is CCNCC.N#Cc1nc[nH]c1C#N. The van der Waals surface area contributed by atoms with Crippen molar-refractivity contribution in [3.8, 4) is 12.1 Å². The van der Waals surface area contributed by atoms with Crippen LogP contribution in [0.25, 0.3) is 0 Å². The highest BCUT2D eigenvalue weighted by Gasteiger charge is 1.99. The molecule has 74 valence electrons. The van der Waals surface area contributed by atoms with E-state index in [0.29, 0.717) is 0 Å². The summed E-state index contributed by atoms with van der Waals surface area (Å²) < 4.78 is 0. The van der Waals surface area contributed by atoms with Crippen molar-refractivity contribution < 1.29 is 0 Å². The second-order valence-corrected chi connectivity index (χ2v) is 2.31. The summed E-state index contributed by atoms with van der Waals surface area (Å²) in [6.45, 7) is 6.39. The molecule has 1 rings (SSSR count). The van der Waals surface area contributed by atoms with Crippen LogP contribution >= 0.6 is 0 Å². The molecule has 0 aliphatic rings. The van der Waals surface area contributed by atoms with Gasteiger partial charge >= 0.3 is 0 Å². The molecule has 0 radical (unpaired) electrons. The highest BCUT2D eigenvalue weighted by molar-refractivity contribution is 5.34. The van der Waals surface area contributed by atoms with Gasteiger partial charge in [0.2, 0.25) is 0 Å². The molecule has 0 amide bonds. The lowest BCUT2D eigenvalue weighted by molar-refractivity contribution is 0.762. The smallest absolute Gasteiger partial charge is 0.176 e. The van der Waals surface area contributed by atoms with E-state index in [-0.39, 0.29) is 11.4 Å². The van der Waals surface area contributed by atoms with Gasteiger partial charge in [-0.05, 0) is 13.1 Å². The first-order valence-electron chi connectivity index (χ1n) is 4.34. The molecule has 0 unspecified atom stereocenters. The fourth-order valence-corrected chi connectivity index (χ4v) is 0.714. The van der Waals surface area contributed by atoms with Gasteiger partial charge in [0.05, 0.1) is 6.33 Å². The average Bonchev–Trinajstić information content (AvgIpc) is 2.67. The molecule has 0 aromatic carbocycles. The first-order valence-corrected chi connectivity index (χ1v) is 4.34. The summed E-state index contributed by atoms with van der Waals surface area (Å²) >= 11 is 0. The number of nitrogens with zero attached hydrogens (tertiary/aromatic N) is 3. The number of hydrogen-bond donors (Lipinski definition) is 2. The molecule has 0 fully saturated rings. The fraction of sp³-hybridized carbons (Fsp3) is 0.444. The van der Waals surface area contributed by atoms with Crippen LogP contribution < -0.4 is 5.32 Å². The van der Waals surface area contributed by atoms with E-state index in [4.69, 9.17) is 10.5 Å². The minimum Gasteiger partial charge on any atom is -0.335 e. The predicted octanol–water partition coefficient (Wildman–Crippen LogP) is 0.769. The number of aromatic amines is 1. The Morgan fingerprint density at radius 3 is 2.29 bits per heavy atom. The van der Waals surface area contributed by atoms with Crippen molar-refractivity contribution in [2.75, 3.05) is 13.1 Å². The molecular formula is C9H13N5. The molecule has 0 aliphatic carbocycles. The molecule has 5 heteroatoms. The lowest BCUT2D eigenvalue weighted by atomic mass is 10.4. The highest BCUT2D eigenvalue weighted by Crippen LogP contribution is 1.95. The van der Waals surface area contributed by atoms with Gasteiger partial charge in [0, 0.05) is 0 Å². The number of nitrogens with one attached hydrogen (secondary N) is 2. The van der Waals surface area contributed by atoms with Gasteiger partial charge in [0.25, 0.3) is 0 Å². The Morgan fingerprint density at radius 2 is 2.00 bits per heavy atom. The van der Waals surface area contributed by atoms with Crippen molar-refractivity contribution in [3.63, 3.8) is 0 Å². The Labute approximate surface area is 83.4 Å². The summed E-state index contributed by atoms with van der Waals surface area (Å²) in [7, 11) is 0. The Kier molecular flexibility index (Phi) is 6.75. The number of rotatable bonds is 2. The number of aromatic nitrogens is 2. The van der Waals surface area contributed by atoms with Crippen LogP contribution in [-0.2, 0) is 0 Å². The second-order valence-electron chi connectivity index (χ2n) is 2.31. The molecular weight excluding hydrogens is 178 g/mol. The van der Waals surface area contributed by atoms with Gasteiger partial charge in [-0.1, -0.05) is 13.8 Å². The van der Waals surface area contributed by atoms with Crippen LogP contribution in [-0.4, -0.2) is 23.1 Å². The fourth-order valence-electron chi connectivity index (χ4n) is 0.714. The van der Waals surface area contributed by atoms with Crippen LogP contribution in [0.15, 0.2) is 6.33 Å². The van der Waals surface area contributed by atoms with Crippen molar-refractivity contribution in [2.24, 2.45) is 0 Å². The van der Waals surface area contributed by atoms with Gasteiger partial charge in [-0.3, -0.25) is 0 Å². The van der Waals surface area contributed by atoms with Crippen molar-refractivity contribution in [1.82, 2.24) is 15.3 Å². The van der Waals surface area contributed by atoms with E-state index in [1.165, 1.54) is 6.33 Å². The molecule has 0 saturated heterocycles. The normalized spacial score (nSPS) is 8.00. The van der Waals surface area contributed by atoms with Crippen molar-refractivity contribution >= 4 is 0 Å². The van der Waals surface area contributed by atoms with Crippen molar-refractivity contribution in [3.05, 3.63) is 17.7 Å². The van der Waals surface area contributed by atoms with Gasteiger partial charge in [0.1, 0.15) is 12.1 Å². The Hall–Kier alpha value is -1.85. The van der Waals surface area contributed by atoms with Crippen LogP contribution in [0.5, 0.6) is 0 Å². The first kappa shape index (κ1) is 12.2. The van der Waals surface area contributed by atoms with Crippen molar-refractivity contribution in [1.29, 1.82) is 10.5 Å². The molecule has 0 aliphatic heterocycles. The number of H-pyrrole nitrogens is 1. The third-order valence-electron chi connectivity index (χ3n) is 1.36. The molecule has 0 atom stereocenters. The third kappa shape index (κ3) is 4.24. The van der Waals surface area contributed by atoms with E-state index in [9.17, 15) is 0 Å². The van der Waals surface area contributed by atoms with Gasteiger partial charge in [-0.2, -0.15) is 10.5 Å². The first-order chi connectivity index (χ1) is 6.79. The summed E-state index contributed by atoms with van der Waals surface area (Å²) in [5, 5.41) is 19.6. The van der Waals surface area contributed by atoms with Crippen LogP contribution in [0.3, 0.4) is 0 Å². The Bertz CT molecular complexity index is 297. The van der Waals surface area contributed by atoms with E-state index >= 15 is 0 Å². The minimum atomic E-state index is 0.150. The molecule has 0 bridgehead atoms. The summed E-state index contributed by atoms with van der Waals surface area (Å²) in [4.78, 5) is 6.08. The molecule has 1 heterocycles. The van der Waals surface area contributed by atoms with Crippen LogP contribution in [0, 0.1) is 22.7 Å². The average molecular weight is 191 g/mol. The monoisotopic (exact) mass is 191 g/mol. The summed E-state index contributed by atoms with van der Waals surface area (Å²) in [6.07, 6.45) is 1.32. The summed E-state index contributed by atoms with van der Waals surface area (Å²) in [6, 6.07) is 3.55. The summed E-state index contributed by atoms with van der Waals surface area (Å²) in [5.74, 6) is 0. The maximum atomic E-state index is 8.27. The molecule has 14 heavy (non-hydrogen) atoms. The van der Waals surface area contributed by atoms with Crippen molar-refractivity contribution in [2.45, 2.75) is 13.8 Å². The van der Waals surface area contributed by atoms with Crippen LogP contribution in [0.2, 0.25) is 0 Å². The maximum absolute atomic E-state index is 8.27. The zero-order valence-electron chi connectivity index (χ0n) is 8.33. The Morgan fingerprint density at radius 1 is 1.36 bits per heavy atom. The maximum Gasteiger partial charge on any atom is 0.176 e. The number of hydrogen-bond acceptors (Lipinski definition) is 4. The van der Waals surface area contributed by atoms with Gasteiger partial charge < -0.3 is 10.3 Å². The van der Waals surface area contributed by atoms with Gasteiger partial charge in [-0.15, -0.1) is 0 Å². The molecule has 5 nitrogen and oxygen atoms in total. The van der Waals surface area contributed by atoms with Gasteiger partial charge in [0.15, 0.2) is 11.4 Å². The molecule has 2 N–H and O–H groups in total. The second kappa shape index (κ2) is 7.78. The highest BCUT2D eigenvalue weighted by atomic mass is 14.9. The zero-order valence-corrected chi connectivity index (χ0v) is 8.33. The van der Waals surface area contributed by atoms with E-state index in [0.717, 1.165) is 13.1 Å². The van der Waals surface area contributed by atoms with E-state index in [2.05, 4.69) is 29.1 Å². The molecule has 1 aromatic rings. The van der Waals surface area contributed by atoms with Crippen LogP contribution in [0.4, 0.5) is 0 Å². The zero-order chi connectivity index (χ0) is 10.8. The van der Waals surface area contributed by atoms with E-state index in [1.807, 2.05) is 0 Å². The third-order valence-corrected chi connectivity index (χ3v) is 1.36. The lowest BCUT2D eigenvalue weighted by Crippen LogP contribution is -2.09. The standard InChI is InChI=1S/C5H2N4.C4H11N/c6-1-4-5(2-7)9-3-8-4;1-3-5-4-2/h3H,(H,8,9);5H,3-4H2,1-2H3. The van der Waals surface area contributed by atoms with Gasteiger partial charge in [-0.25, -0.2) is 4.98 Å².